The minimum Gasteiger partial charge on any atom is -0.481 e. The summed E-state index contributed by atoms with van der Waals surface area (Å²) in [6.45, 7) is 3.65. The molecule has 0 aromatic heterocycles. The number of benzene rings is 2. The molecule has 112 valence electrons. The highest BCUT2D eigenvalue weighted by Crippen LogP contribution is 2.21. The average molecular weight is 315 g/mol. The van der Waals surface area contributed by atoms with Gasteiger partial charge < -0.3 is 10.1 Å². The van der Waals surface area contributed by atoms with Gasteiger partial charge in [-0.3, -0.25) is 4.79 Å². The third-order valence-electron chi connectivity index (χ3n) is 3.06. The van der Waals surface area contributed by atoms with Crippen molar-refractivity contribution in [2.45, 2.75) is 20.0 Å². The lowest BCUT2D eigenvalue weighted by Gasteiger charge is -2.15. The van der Waals surface area contributed by atoms with Crippen LogP contribution in [-0.2, 0) is 4.79 Å². The number of amides is 1. The summed E-state index contributed by atoms with van der Waals surface area (Å²) in [6, 6.07) is 14.2. The monoisotopic (exact) mass is 314 g/mol. The number of carbonyl (C=O) groups excluding carboxylic acids is 1. The number of nitrogens with one attached hydrogen (secondary N) is 1. The van der Waals surface area contributed by atoms with Gasteiger partial charge in [-0.1, -0.05) is 29.3 Å². The highest BCUT2D eigenvalue weighted by Gasteiger charge is 2.15. The maximum Gasteiger partial charge on any atom is 0.265 e. The molecular formula is C17H15ClN2O2. The molecule has 0 fully saturated rings. The molecule has 1 amide bonds. The topological polar surface area (TPSA) is 62.1 Å². The second-order valence-corrected chi connectivity index (χ2v) is 5.28. The normalized spacial score (nSPS) is 11.4. The minimum atomic E-state index is -0.655. The number of carbonyl (C=O) groups is 1. The Hall–Kier alpha value is -2.51. The van der Waals surface area contributed by atoms with Gasteiger partial charge in [-0.15, -0.1) is 0 Å². The highest BCUT2D eigenvalue weighted by atomic mass is 35.5. The van der Waals surface area contributed by atoms with Gasteiger partial charge >= 0.3 is 0 Å². The second kappa shape index (κ2) is 6.97. The zero-order valence-electron chi connectivity index (χ0n) is 12.3. The van der Waals surface area contributed by atoms with E-state index in [4.69, 9.17) is 21.6 Å². The Bertz CT molecular complexity index is 720. The number of hydrogen-bond donors (Lipinski definition) is 1. The molecule has 0 bridgehead atoms. The van der Waals surface area contributed by atoms with E-state index in [0.29, 0.717) is 22.0 Å². The molecule has 5 heteroatoms. The maximum atomic E-state index is 12.1. The van der Waals surface area contributed by atoms with Crippen molar-refractivity contribution < 1.29 is 9.53 Å². The van der Waals surface area contributed by atoms with Crippen LogP contribution in [0.25, 0.3) is 0 Å². The van der Waals surface area contributed by atoms with Crippen molar-refractivity contribution >= 4 is 23.2 Å². The molecule has 0 aliphatic heterocycles. The van der Waals surface area contributed by atoms with Gasteiger partial charge in [0.15, 0.2) is 6.10 Å². The van der Waals surface area contributed by atoms with Gasteiger partial charge in [0, 0.05) is 5.69 Å². The zero-order valence-corrected chi connectivity index (χ0v) is 13.0. The van der Waals surface area contributed by atoms with Gasteiger partial charge in [0.1, 0.15) is 11.8 Å². The minimum absolute atomic E-state index is 0.290. The number of ether oxygens (including phenoxy) is 1. The van der Waals surface area contributed by atoms with Crippen molar-refractivity contribution in [3.05, 3.63) is 58.6 Å². The van der Waals surface area contributed by atoms with E-state index in [-0.39, 0.29) is 5.91 Å². The number of aryl methyl sites for hydroxylation is 1. The number of nitriles is 1. The van der Waals surface area contributed by atoms with Crippen molar-refractivity contribution in [2.75, 3.05) is 5.32 Å². The SMILES string of the molecule is Cc1ccc(O[C@@H](C)C(=O)Nc2ccc(C#N)c(Cl)c2)cc1. The summed E-state index contributed by atoms with van der Waals surface area (Å²) in [6.07, 6.45) is -0.655. The van der Waals surface area contributed by atoms with Crippen molar-refractivity contribution in [3.63, 3.8) is 0 Å². The quantitative estimate of drug-likeness (QED) is 0.930. The number of halogens is 1. The first-order chi connectivity index (χ1) is 10.5. The van der Waals surface area contributed by atoms with Crippen molar-refractivity contribution in [3.8, 4) is 11.8 Å². The number of nitrogens with zero attached hydrogens (tertiary/aromatic N) is 1. The maximum absolute atomic E-state index is 12.1. The Morgan fingerprint density at radius 3 is 2.55 bits per heavy atom. The number of anilines is 1. The van der Waals surface area contributed by atoms with Crippen LogP contribution in [0.3, 0.4) is 0 Å². The smallest absolute Gasteiger partial charge is 0.265 e. The van der Waals surface area contributed by atoms with Crippen LogP contribution in [0.15, 0.2) is 42.5 Å². The first-order valence-electron chi connectivity index (χ1n) is 6.73. The van der Waals surface area contributed by atoms with Crippen LogP contribution < -0.4 is 10.1 Å². The number of hydrogen-bond acceptors (Lipinski definition) is 3. The van der Waals surface area contributed by atoms with Gasteiger partial charge in [0.25, 0.3) is 5.91 Å². The summed E-state index contributed by atoms with van der Waals surface area (Å²) in [4.78, 5) is 12.1. The van der Waals surface area contributed by atoms with E-state index in [1.807, 2.05) is 37.3 Å². The van der Waals surface area contributed by atoms with Crippen LogP contribution in [0.4, 0.5) is 5.69 Å². The summed E-state index contributed by atoms with van der Waals surface area (Å²) in [7, 11) is 0. The molecule has 0 radical (unpaired) electrons. The first kappa shape index (κ1) is 15.9. The molecule has 2 aromatic carbocycles. The van der Waals surface area contributed by atoms with E-state index in [0.717, 1.165) is 5.56 Å². The first-order valence-corrected chi connectivity index (χ1v) is 7.11. The summed E-state index contributed by atoms with van der Waals surface area (Å²) in [5.74, 6) is 0.340. The van der Waals surface area contributed by atoms with Crippen LogP contribution in [0.2, 0.25) is 5.02 Å². The van der Waals surface area contributed by atoms with E-state index in [9.17, 15) is 4.79 Å². The summed E-state index contributed by atoms with van der Waals surface area (Å²) < 4.78 is 5.58. The van der Waals surface area contributed by atoms with Crippen LogP contribution in [-0.4, -0.2) is 12.0 Å². The van der Waals surface area contributed by atoms with Crippen LogP contribution >= 0.6 is 11.6 Å². The van der Waals surface area contributed by atoms with E-state index < -0.39 is 6.10 Å². The predicted molar refractivity (Wildman–Crippen MR) is 86.1 cm³/mol. The Labute approximate surface area is 134 Å². The highest BCUT2D eigenvalue weighted by molar-refractivity contribution is 6.32. The van der Waals surface area contributed by atoms with Gasteiger partial charge in [-0.05, 0) is 44.2 Å². The second-order valence-electron chi connectivity index (χ2n) is 4.87. The van der Waals surface area contributed by atoms with Gasteiger partial charge in [-0.2, -0.15) is 5.26 Å². The lowest BCUT2D eigenvalue weighted by molar-refractivity contribution is -0.122. The molecule has 0 unspecified atom stereocenters. The summed E-state index contributed by atoms with van der Waals surface area (Å²) >= 11 is 5.93. The number of rotatable bonds is 4. The molecule has 0 spiro atoms. The molecule has 4 nitrogen and oxygen atoms in total. The van der Waals surface area contributed by atoms with E-state index in [2.05, 4.69) is 5.32 Å². The Morgan fingerprint density at radius 2 is 1.95 bits per heavy atom. The van der Waals surface area contributed by atoms with E-state index in [1.165, 1.54) is 6.07 Å². The summed E-state index contributed by atoms with van der Waals surface area (Å²) in [5, 5.41) is 11.8. The molecule has 2 rings (SSSR count). The standard InChI is InChI=1S/C17H15ClN2O2/c1-11-3-7-15(8-4-11)22-12(2)17(21)20-14-6-5-13(10-19)16(18)9-14/h3-9,12H,1-2H3,(H,20,21)/t12-/m0/s1. The van der Waals surface area contributed by atoms with Gasteiger partial charge in [-0.25, -0.2) is 0 Å². The fraction of sp³-hybridized carbons (Fsp3) is 0.176. The average Bonchev–Trinajstić information content (AvgIpc) is 2.49. The fourth-order valence-corrected chi connectivity index (χ4v) is 2.02. The Morgan fingerprint density at radius 1 is 1.27 bits per heavy atom. The molecule has 0 saturated carbocycles. The Balaban J connectivity index is 2.00. The predicted octanol–water partition coefficient (Wildman–Crippen LogP) is 3.93. The molecule has 0 heterocycles. The lowest BCUT2D eigenvalue weighted by atomic mass is 10.2. The Kier molecular flexibility index (Phi) is 5.03. The van der Waals surface area contributed by atoms with Crippen molar-refractivity contribution in [1.82, 2.24) is 0 Å². The van der Waals surface area contributed by atoms with Gasteiger partial charge in [0.2, 0.25) is 0 Å². The van der Waals surface area contributed by atoms with Gasteiger partial charge in [0.05, 0.1) is 10.6 Å². The molecule has 1 N–H and O–H groups in total. The lowest BCUT2D eigenvalue weighted by Crippen LogP contribution is -2.30. The molecule has 22 heavy (non-hydrogen) atoms. The zero-order chi connectivity index (χ0) is 16.1. The van der Waals surface area contributed by atoms with E-state index in [1.54, 1.807) is 19.1 Å². The molecule has 1 atom stereocenters. The molecule has 0 saturated heterocycles. The van der Waals surface area contributed by atoms with Crippen molar-refractivity contribution in [2.24, 2.45) is 0 Å². The fourth-order valence-electron chi connectivity index (χ4n) is 1.80. The molecule has 2 aromatic rings. The van der Waals surface area contributed by atoms with Crippen LogP contribution in [0.5, 0.6) is 5.75 Å². The third-order valence-corrected chi connectivity index (χ3v) is 3.37. The molecular weight excluding hydrogens is 300 g/mol. The molecule has 0 aliphatic rings. The summed E-state index contributed by atoms with van der Waals surface area (Å²) in [5.41, 5.74) is 2.01. The molecule has 0 aliphatic carbocycles. The third kappa shape index (κ3) is 4.00. The van der Waals surface area contributed by atoms with Crippen LogP contribution in [0.1, 0.15) is 18.1 Å². The largest absolute Gasteiger partial charge is 0.481 e. The van der Waals surface area contributed by atoms with Crippen molar-refractivity contribution in [1.29, 1.82) is 5.26 Å². The van der Waals surface area contributed by atoms with E-state index >= 15 is 0 Å². The van der Waals surface area contributed by atoms with Crippen LogP contribution in [0, 0.1) is 18.3 Å².